The predicted molar refractivity (Wildman–Crippen MR) is 77.6 cm³/mol. The number of aliphatic hydroxyl groups is 1. The van der Waals surface area contributed by atoms with Gasteiger partial charge in [0.2, 0.25) is 0 Å². The first kappa shape index (κ1) is 13.9. The second kappa shape index (κ2) is 5.75. The molecule has 21 heavy (non-hydrogen) atoms. The summed E-state index contributed by atoms with van der Waals surface area (Å²) in [6.07, 6.45) is -0.638. The summed E-state index contributed by atoms with van der Waals surface area (Å²) in [4.78, 5) is 17.2. The fraction of sp³-hybridized carbons (Fsp3) is 0.400. The van der Waals surface area contributed by atoms with Gasteiger partial charge in [0.1, 0.15) is 11.4 Å². The molecule has 2 aromatic rings. The molecule has 1 aromatic heterocycles. The summed E-state index contributed by atoms with van der Waals surface area (Å²) < 4.78 is 10.4. The van der Waals surface area contributed by atoms with Gasteiger partial charge in [-0.1, -0.05) is 0 Å². The number of aromatic amines is 1. The van der Waals surface area contributed by atoms with Crippen molar-refractivity contribution in [3.63, 3.8) is 0 Å². The third-order valence-corrected chi connectivity index (χ3v) is 3.59. The molecule has 0 saturated carbocycles. The Balaban J connectivity index is 1.86. The summed E-state index contributed by atoms with van der Waals surface area (Å²) in [7, 11) is 1.61. The molecule has 0 aliphatic carbocycles. The van der Waals surface area contributed by atoms with Crippen LogP contribution < -0.4 is 4.74 Å². The van der Waals surface area contributed by atoms with Crippen LogP contribution in [0.15, 0.2) is 24.3 Å². The van der Waals surface area contributed by atoms with Gasteiger partial charge in [-0.25, -0.2) is 0 Å². The van der Waals surface area contributed by atoms with Crippen LogP contribution >= 0.6 is 0 Å². The molecule has 0 radical (unpaired) electrons. The van der Waals surface area contributed by atoms with Crippen molar-refractivity contribution in [3.8, 4) is 5.75 Å². The number of amides is 1. The Labute approximate surface area is 122 Å². The van der Waals surface area contributed by atoms with E-state index in [1.807, 2.05) is 18.2 Å². The topological polar surface area (TPSA) is 74.8 Å². The second-order valence-electron chi connectivity index (χ2n) is 5.12. The van der Waals surface area contributed by atoms with E-state index in [9.17, 15) is 9.90 Å². The molecule has 1 atom stereocenters. The Morgan fingerprint density at radius 2 is 2.33 bits per heavy atom. The van der Waals surface area contributed by atoms with Crippen LogP contribution in [0.1, 0.15) is 10.5 Å². The Morgan fingerprint density at radius 1 is 1.48 bits per heavy atom. The molecule has 112 valence electrons. The SMILES string of the molecule is COc1ccc2[nH]c(C(=O)N3CCOC[C@@H](O)C3)cc2c1. The van der Waals surface area contributed by atoms with E-state index in [0.29, 0.717) is 18.8 Å². The maximum absolute atomic E-state index is 12.5. The third kappa shape index (κ3) is 2.86. The van der Waals surface area contributed by atoms with Gasteiger partial charge in [0.15, 0.2) is 0 Å². The minimum absolute atomic E-state index is 0.130. The average Bonchev–Trinajstić information content (AvgIpc) is 2.80. The highest BCUT2D eigenvalue weighted by molar-refractivity contribution is 5.98. The van der Waals surface area contributed by atoms with Crippen LogP contribution in [0.4, 0.5) is 0 Å². The zero-order valence-electron chi connectivity index (χ0n) is 11.8. The van der Waals surface area contributed by atoms with Crippen LogP contribution in [0.2, 0.25) is 0 Å². The first-order valence-electron chi connectivity index (χ1n) is 6.89. The molecular weight excluding hydrogens is 272 g/mol. The third-order valence-electron chi connectivity index (χ3n) is 3.59. The first-order valence-corrected chi connectivity index (χ1v) is 6.89. The highest BCUT2D eigenvalue weighted by Gasteiger charge is 2.23. The van der Waals surface area contributed by atoms with E-state index in [1.165, 1.54) is 0 Å². The summed E-state index contributed by atoms with van der Waals surface area (Å²) in [6, 6.07) is 7.41. The number of hydrogen-bond acceptors (Lipinski definition) is 4. The number of carbonyl (C=O) groups is 1. The van der Waals surface area contributed by atoms with E-state index in [0.717, 1.165) is 16.7 Å². The molecule has 1 saturated heterocycles. The maximum Gasteiger partial charge on any atom is 0.270 e. The van der Waals surface area contributed by atoms with Gasteiger partial charge in [0.25, 0.3) is 5.91 Å². The van der Waals surface area contributed by atoms with Crippen LogP contribution in [0, 0.1) is 0 Å². The molecule has 3 rings (SSSR count). The molecule has 1 fully saturated rings. The van der Waals surface area contributed by atoms with Gasteiger partial charge in [0.05, 0.1) is 26.4 Å². The molecule has 6 nitrogen and oxygen atoms in total. The number of methoxy groups -OCH3 is 1. The van der Waals surface area contributed by atoms with E-state index in [1.54, 1.807) is 18.1 Å². The van der Waals surface area contributed by atoms with Gasteiger partial charge < -0.3 is 24.5 Å². The van der Waals surface area contributed by atoms with Gasteiger partial charge in [-0.3, -0.25) is 4.79 Å². The highest BCUT2D eigenvalue weighted by atomic mass is 16.5. The normalized spacial score (nSPS) is 19.5. The largest absolute Gasteiger partial charge is 0.497 e. The van der Waals surface area contributed by atoms with Crippen molar-refractivity contribution in [3.05, 3.63) is 30.0 Å². The van der Waals surface area contributed by atoms with Crippen molar-refractivity contribution in [1.82, 2.24) is 9.88 Å². The highest BCUT2D eigenvalue weighted by Crippen LogP contribution is 2.22. The van der Waals surface area contributed by atoms with Gasteiger partial charge >= 0.3 is 0 Å². The lowest BCUT2D eigenvalue weighted by Gasteiger charge is -2.20. The Morgan fingerprint density at radius 3 is 3.14 bits per heavy atom. The van der Waals surface area contributed by atoms with Gasteiger partial charge in [-0.15, -0.1) is 0 Å². The van der Waals surface area contributed by atoms with Crippen LogP contribution in [-0.2, 0) is 4.74 Å². The first-order chi connectivity index (χ1) is 10.2. The van der Waals surface area contributed by atoms with E-state index in [4.69, 9.17) is 9.47 Å². The number of hydrogen-bond donors (Lipinski definition) is 2. The Bertz CT molecular complexity index is 652. The van der Waals surface area contributed by atoms with E-state index in [2.05, 4.69) is 4.98 Å². The second-order valence-corrected chi connectivity index (χ2v) is 5.12. The van der Waals surface area contributed by atoms with Crippen molar-refractivity contribution in [2.45, 2.75) is 6.10 Å². The van der Waals surface area contributed by atoms with Gasteiger partial charge in [0, 0.05) is 24.0 Å². The zero-order valence-corrected chi connectivity index (χ0v) is 11.8. The number of β-amino-alcohol motifs (C(OH)–C–C–N with tert-alkyl or cyclic N) is 1. The Hall–Kier alpha value is -2.05. The quantitative estimate of drug-likeness (QED) is 0.865. The van der Waals surface area contributed by atoms with Crippen molar-refractivity contribution in [2.24, 2.45) is 0 Å². The van der Waals surface area contributed by atoms with E-state index >= 15 is 0 Å². The van der Waals surface area contributed by atoms with Gasteiger partial charge in [-0.2, -0.15) is 0 Å². The van der Waals surface area contributed by atoms with Crippen LogP contribution in [0.25, 0.3) is 10.9 Å². The molecule has 6 heteroatoms. The predicted octanol–water partition coefficient (Wildman–Crippen LogP) is 1.01. The molecule has 1 aliphatic rings. The van der Waals surface area contributed by atoms with Crippen molar-refractivity contribution < 1.29 is 19.4 Å². The number of carbonyl (C=O) groups excluding carboxylic acids is 1. The lowest BCUT2D eigenvalue weighted by molar-refractivity contribution is 0.0533. The van der Waals surface area contributed by atoms with Crippen molar-refractivity contribution in [1.29, 1.82) is 0 Å². The lowest BCUT2D eigenvalue weighted by Crippen LogP contribution is -2.37. The number of nitrogens with one attached hydrogen (secondary N) is 1. The summed E-state index contributed by atoms with van der Waals surface area (Å²) in [5.41, 5.74) is 1.39. The summed E-state index contributed by atoms with van der Waals surface area (Å²) in [5, 5.41) is 10.6. The van der Waals surface area contributed by atoms with Crippen LogP contribution in [-0.4, -0.2) is 60.4 Å². The number of ether oxygens (including phenoxy) is 2. The Kier molecular flexibility index (Phi) is 3.81. The minimum atomic E-state index is -0.638. The fourth-order valence-electron chi connectivity index (χ4n) is 2.50. The molecule has 0 spiro atoms. The monoisotopic (exact) mass is 290 g/mol. The summed E-state index contributed by atoms with van der Waals surface area (Å²) in [5.74, 6) is 0.619. The molecule has 1 amide bonds. The molecule has 1 aliphatic heterocycles. The number of aromatic nitrogens is 1. The number of nitrogens with zero attached hydrogens (tertiary/aromatic N) is 1. The number of rotatable bonds is 2. The van der Waals surface area contributed by atoms with Crippen molar-refractivity contribution in [2.75, 3.05) is 33.4 Å². The molecule has 2 heterocycles. The molecule has 0 bridgehead atoms. The summed E-state index contributed by atoms with van der Waals surface area (Å²) >= 11 is 0. The molecule has 0 unspecified atom stereocenters. The number of benzene rings is 1. The van der Waals surface area contributed by atoms with E-state index < -0.39 is 6.10 Å². The molecule has 1 aromatic carbocycles. The smallest absolute Gasteiger partial charge is 0.270 e. The molecular formula is C15H18N2O4. The lowest BCUT2D eigenvalue weighted by atomic mass is 10.2. The van der Waals surface area contributed by atoms with Crippen molar-refractivity contribution >= 4 is 16.8 Å². The number of fused-ring (bicyclic) bond motifs is 1. The summed E-state index contributed by atoms with van der Waals surface area (Å²) in [6.45, 7) is 1.48. The van der Waals surface area contributed by atoms with Crippen LogP contribution in [0.3, 0.4) is 0 Å². The standard InChI is InChI=1S/C15H18N2O4/c1-20-12-2-3-13-10(6-12)7-14(16-13)15(19)17-4-5-21-9-11(18)8-17/h2-3,6-7,11,16,18H,4-5,8-9H2,1H3/t11-/m0/s1. The van der Waals surface area contributed by atoms with E-state index in [-0.39, 0.29) is 19.1 Å². The minimum Gasteiger partial charge on any atom is -0.497 e. The number of H-pyrrole nitrogens is 1. The maximum atomic E-state index is 12.5. The van der Waals surface area contributed by atoms with Gasteiger partial charge in [-0.05, 0) is 24.3 Å². The zero-order chi connectivity index (χ0) is 14.8. The number of aliphatic hydroxyl groups excluding tert-OH is 1. The average molecular weight is 290 g/mol. The van der Waals surface area contributed by atoms with Crippen LogP contribution in [0.5, 0.6) is 5.75 Å². The fourth-order valence-corrected chi connectivity index (χ4v) is 2.50. The molecule has 2 N–H and O–H groups in total.